The number of nitrogens with one attached hydrogen (secondary N) is 2. The van der Waals surface area contributed by atoms with Gasteiger partial charge in [0.15, 0.2) is 0 Å². The molecule has 0 saturated heterocycles. The van der Waals surface area contributed by atoms with Crippen LogP contribution in [-0.2, 0) is 4.74 Å². The third-order valence-corrected chi connectivity index (χ3v) is 4.69. The highest BCUT2D eigenvalue weighted by Gasteiger charge is 2.48. The van der Waals surface area contributed by atoms with Crippen molar-refractivity contribution >= 4 is 6.09 Å². The van der Waals surface area contributed by atoms with Crippen LogP contribution in [0.1, 0.15) is 53.9 Å². The predicted octanol–water partition coefficient (Wildman–Crippen LogP) is 2.04. The van der Waals surface area contributed by atoms with Crippen molar-refractivity contribution in [3.8, 4) is 0 Å². The van der Waals surface area contributed by atoms with Gasteiger partial charge in [0, 0.05) is 24.0 Å². The van der Waals surface area contributed by atoms with Gasteiger partial charge in [-0.1, -0.05) is 13.8 Å². The average molecular weight is 298 g/mol. The van der Waals surface area contributed by atoms with E-state index in [4.69, 9.17) is 4.74 Å². The van der Waals surface area contributed by atoms with Gasteiger partial charge in [-0.05, 0) is 46.0 Å². The van der Waals surface area contributed by atoms with E-state index in [1.165, 1.54) is 12.8 Å². The van der Waals surface area contributed by atoms with Crippen LogP contribution in [0.4, 0.5) is 4.79 Å². The molecule has 0 heterocycles. The number of carbonyl (C=O) groups is 1. The van der Waals surface area contributed by atoms with Crippen LogP contribution in [-0.4, -0.2) is 41.5 Å². The first-order valence-corrected chi connectivity index (χ1v) is 8.00. The number of carbonyl (C=O) groups excluding carboxylic acids is 1. The van der Waals surface area contributed by atoms with Crippen molar-refractivity contribution in [1.82, 2.24) is 10.6 Å². The Labute approximate surface area is 127 Å². The molecule has 5 nitrogen and oxygen atoms in total. The molecule has 122 valence electrons. The number of aliphatic hydroxyl groups is 1. The fourth-order valence-electron chi connectivity index (χ4n) is 2.81. The van der Waals surface area contributed by atoms with Crippen LogP contribution in [0.2, 0.25) is 0 Å². The van der Waals surface area contributed by atoms with Crippen LogP contribution in [0.3, 0.4) is 0 Å². The highest BCUT2D eigenvalue weighted by Crippen LogP contribution is 2.42. The molecule has 0 bridgehead atoms. The number of aliphatic hydroxyl groups excluding tert-OH is 1. The van der Waals surface area contributed by atoms with Gasteiger partial charge in [-0.25, -0.2) is 4.79 Å². The number of rotatable bonds is 5. The zero-order valence-electron chi connectivity index (χ0n) is 13.9. The lowest BCUT2D eigenvalue weighted by Gasteiger charge is -2.51. The van der Waals surface area contributed by atoms with Crippen molar-refractivity contribution in [2.24, 2.45) is 11.3 Å². The van der Waals surface area contributed by atoms with E-state index in [-0.39, 0.29) is 23.7 Å². The van der Waals surface area contributed by atoms with E-state index in [1.807, 2.05) is 20.8 Å². The molecule has 2 fully saturated rings. The minimum Gasteiger partial charge on any atom is -0.444 e. The Morgan fingerprint density at radius 3 is 2.43 bits per heavy atom. The Kier molecular flexibility index (Phi) is 4.54. The molecule has 0 aliphatic heterocycles. The van der Waals surface area contributed by atoms with Crippen LogP contribution < -0.4 is 10.6 Å². The Hall–Kier alpha value is -0.810. The third-order valence-electron chi connectivity index (χ3n) is 4.69. The molecule has 2 aliphatic carbocycles. The van der Waals surface area contributed by atoms with E-state index in [0.29, 0.717) is 18.5 Å². The maximum Gasteiger partial charge on any atom is 0.407 e. The first-order valence-electron chi connectivity index (χ1n) is 8.00. The summed E-state index contributed by atoms with van der Waals surface area (Å²) in [5, 5.41) is 16.3. The van der Waals surface area contributed by atoms with Crippen molar-refractivity contribution in [1.29, 1.82) is 0 Å². The van der Waals surface area contributed by atoms with E-state index < -0.39 is 5.60 Å². The molecular formula is C16H30N2O3. The third kappa shape index (κ3) is 4.33. The van der Waals surface area contributed by atoms with Crippen LogP contribution in [0.15, 0.2) is 0 Å². The second kappa shape index (κ2) is 5.76. The maximum atomic E-state index is 11.8. The zero-order valence-corrected chi connectivity index (χ0v) is 13.9. The summed E-state index contributed by atoms with van der Waals surface area (Å²) >= 11 is 0. The van der Waals surface area contributed by atoms with E-state index in [1.54, 1.807) is 0 Å². The summed E-state index contributed by atoms with van der Waals surface area (Å²) < 4.78 is 5.27. The summed E-state index contributed by atoms with van der Waals surface area (Å²) in [5.74, 6) is 0.633. The Balaban J connectivity index is 1.80. The fourth-order valence-corrected chi connectivity index (χ4v) is 2.81. The molecule has 0 aromatic carbocycles. The van der Waals surface area contributed by atoms with E-state index in [2.05, 4.69) is 24.5 Å². The van der Waals surface area contributed by atoms with Gasteiger partial charge in [-0.2, -0.15) is 0 Å². The summed E-state index contributed by atoms with van der Waals surface area (Å²) in [6.07, 6.45) is 2.63. The Morgan fingerprint density at radius 2 is 2.00 bits per heavy atom. The number of alkyl carbamates (subject to hydrolysis) is 1. The minimum atomic E-state index is -0.466. The van der Waals surface area contributed by atoms with Crippen molar-refractivity contribution < 1.29 is 14.6 Å². The molecule has 2 saturated carbocycles. The quantitative estimate of drug-likeness (QED) is 0.726. The second-order valence-electron chi connectivity index (χ2n) is 8.12. The molecule has 2 aliphatic rings. The van der Waals surface area contributed by atoms with Gasteiger partial charge in [0.2, 0.25) is 0 Å². The summed E-state index contributed by atoms with van der Waals surface area (Å²) in [4.78, 5) is 11.8. The molecule has 0 radical (unpaired) electrons. The molecule has 0 aromatic rings. The molecule has 2 rings (SSSR count). The predicted molar refractivity (Wildman–Crippen MR) is 82.1 cm³/mol. The first kappa shape index (κ1) is 16.6. The van der Waals surface area contributed by atoms with Gasteiger partial charge in [0.05, 0.1) is 6.10 Å². The highest BCUT2D eigenvalue weighted by atomic mass is 16.6. The molecule has 21 heavy (non-hydrogen) atoms. The van der Waals surface area contributed by atoms with Crippen molar-refractivity contribution in [2.45, 2.75) is 77.7 Å². The average Bonchev–Trinajstić information content (AvgIpc) is 3.14. The smallest absolute Gasteiger partial charge is 0.407 e. The van der Waals surface area contributed by atoms with Crippen LogP contribution in [0.25, 0.3) is 0 Å². The maximum absolute atomic E-state index is 11.8. The van der Waals surface area contributed by atoms with Crippen molar-refractivity contribution in [2.75, 3.05) is 6.54 Å². The monoisotopic (exact) mass is 298 g/mol. The van der Waals surface area contributed by atoms with Crippen LogP contribution in [0, 0.1) is 11.3 Å². The molecule has 5 heteroatoms. The number of hydrogen-bond donors (Lipinski definition) is 3. The largest absolute Gasteiger partial charge is 0.444 e. The SMILES string of the molecule is CC(C)(C)OC(=O)NCC(NC1CC(O)C1(C)C)C1CC1. The lowest BCUT2D eigenvalue weighted by molar-refractivity contribution is -0.0766. The molecule has 0 aromatic heterocycles. The van der Waals surface area contributed by atoms with Gasteiger partial charge in [0.1, 0.15) is 5.60 Å². The van der Waals surface area contributed by atoms with E-state index >= 15 is 0 Å². The van der Waals surface area contributed by atoms with Crippen LogP contribution in [0.5, 0.6) is 0 Å². The summed E-state index contributed by atoms with van der Waals surface area (Å²) in [6.45, 7) is 10.3. The molecule has 0 spiro atoms. The van der Waals surface area contributed by atoms with Gasteiger partial charge in [-0.15, -0.1) is 0 Å². The molecule has 1 amide bonds. The topological polar surface area (TPSA) is 70.6 Å². The lowest BCUT2D eigenvalue weighted by atomic mass is 9.64. The normalized spacial score (nSPS) is 29.4. The number of ether oxygens (including phenoxy) is 1. The molecule has 3 atom stereocenters. The fraction of sp³-hybridized carbons (Fsp3) is 0.938. The second-order valence-corrected chi connectivity index (χ2v) is 8.12. The first-order chi connectivity index (χ1) is 9.59. The summed E-state index contributed by atoms with van der Waals surface area (Å²) in [7, 11) is 0. The standard InChI is InChI=1S/C16H30N2O3/c1-15(2,3)21-14(20)17-9-11(10-6-7-10)18-12-8-13(19)16(12,4)5/h10-13,18-19H,6-9H2,1-5H3,(H,17,20). The number of hydrogen-bond acceptors (Lipinski definition) is 4. The van der Waals surface area contributed by atoms with Crippen molar-refractivity contribution in [3.63, 3.8) is 0 Å². The highest BCUT2D eigenvalue weighted by molar-refractivity contribution is 5.67. The van der Waals surface area contributed by atoms with E-state index in [9.17, 15) is 9.90 Å². The minimum absolute atomic E-state index is 0.0843. The van der Waals surface area contributed by atoms with Gasteiger partial charge in [0.25, 0.3) is 0 Å². The van der Waals surface area contributed by atoms with Crippen molar-refractivity contribution in [3.05, 3.63) is 0 Å². The van der Waals surface area contributed by atoms with Gasteiger partial charge in [-0.3, -0.25) is 0 Å². The van der Waals surface area contributed by atoms with E-state index in [0.717, 1.165) is 6.42 Å². The Bertz CT molecular complexity index is 385. The zero-order chi connectivity index (χ0) is 15.8. The summed E-state index contributed by atoms with van der Waals surface area (Å²) in [6, 6.07) is 0.591. The van der Waals surface area contributed by atoms with Crippen LogP contribution >= 0.6 is 0 Å². The summed E-state index contributed by atoms with van der Waals surface area (Å²) in [5.41, 5.74) is -0.550. The molecule has 3 unspecified atom stereocenters. The van der Waals surface area contributed by atoms with Gasteiger partial charge >= 0.3 is 6.09 Å². The molecule has 3 N–H and O–H groups in total. The number of amides is 1. The molecular weight excluding hydrogens is 268 g/mol. The van der Waals surface area contributed by atoms with Gasteiger partial charge < -0.3 is 20.5 Å². The lowest BCUT2D eigenvalue weighted by Crippen LogP contribution is -2.63. The Morgan fingerprint density at radius 1 is 1.38 bits per heavy atom.